The number of benzene rings is 2. The van der Waals surface area contributed by atoms with Crippen molar-refractivity contribution in [3.8, 4) is 0 Å². The number of hydrogen-bond donors (Lipinski definition) is 1. The molecule has 35 heavy (non-hydrogen) atoms. The molecule has 3 rings (SSSR count). The summed E-state index contributed by atoms with van der Waals surface area (Å²) in [7, 11) is 0. The molecule has 0 saturated carbocycles. The van der Waals surface area contributed by atoms with Crippen LogP contribution in [-0.4, -0.2) is 54.4 Å². The summed E-state index contributed by atoms with van der Waals surface area (Å²) in [6.45, 7) is 6.70. The summed E-state index contributed by atoms with van der Waals surface area (Å²) in [5.41, 5.74) is 1.00. The first-order chi connectivity index (χ1) is 16.6. The van der Waals surface area contributed by atoms with Gasteiger partial charge in [-0.3, -0.25) is 9.59 Å². The quantitative estimate of drug-likeness (QED) is 0.539. The van der Waals surface area contributed by atoms with Crippen LogP contribution in [0.1, 0.15) is 38.8 Å². The molecule has 2 aromatic carbocycles. The molecule has 1 N–H and O–H groups in total. The highest BCUT2D eigenvalue weighted by molar-refractivity contribution is 5.75. The van der Waals surface area contributed by atoms with Crippen molar-refractivity contribution in [3.05, 3.63) is 71.8 Å². The van der Waals surface area contributed by atoms with Crippen molar-refractivity contribution in [2.75, 3.05) is 6.61 Å². The molecule has 8 nitrogen and oxygen atoms in total. The van der Waals surface area contributed by atoms with Crippen LogP contribution in [-0.2, 0) is 46.5 Å². The summed E-state index contributed by atoms with van der Waals surface area (Å²) < 4.78 is 29.1. The maximum Gasteiger partial charge on any atom is 0.311 e. The van der Waals surface area contributed by atoms with E-state index in [0.29, 0.717) is 0 Å². The number of hydrogen-bond acceptors (Lipinski definition) is 8. The van der Waals surface area contributed by atoms with E-state index in [1.165, 1.54) is 6.92 Å². The first-order valence-corrected chi connectivity index (χ1v) is 11.6. The summed E-state index contributed by atoms with van der Waals surface area (Å²) in [5, 5.41) is 10.8. The van der Waals surface area contributed by atoms with Gasteiger partial charge < -0.3 is 28.8 Å². The van der Waals surface area contributed by atoms with Crippen molar-refractivity contribution in [1.29, 1.82) is 0 Å². The van der Waals surface area contributed by atoms with Gasteiger partial charge in [0.1, 0.15) is 24.9 Å². The molecule has 0 unspecified atom stereocenters. The smallest absolute Gasteiger partial charge is 0.311 e. The molecular weight excluding hydrogens is 452 g/mol. The lowest BCUT2D eigenvalue weighted by molar-refractivity contribution is -0.309. The van der Waals surface area contributed by atoms with E-state index in [9.17, 15) is 14.7 Å². The number of esters is 2. The molecule has 1 fully saturated rings. The lowest BCUT2D eigenvalue weighted by Crippen LogP contribution is -2.62. The van der Waals surface area contributed by atoms with Crippen LogP contribution in [0.4, 0.5) is 0 Å². The first-order valence-electron chi connectivity index (χ1n) is 11.6. The largest absolute Gasteiger partial charge is 0.463 e. The fourth-order valence-electron chi connectivity index (χ4n) is 3.58. The fourth-order valence-corrected chi connectivity index (χ4v) is 3.58. The van der Waals surface area contributed by atoms with E-state index in [1.54, 1.807) is 20.8 Å². The standard InChI is InChI=1S/C27H34O8/c1-18(28)31-17-21-22(32-15-19-11-7-5-8-12-19)23(33-16-20-13-9-6-10-14-20)24(25(29)34-21)35-26(30)27(2,3)4/h5-14,21-25,29H,15-17H2,1-4H3/t21-,22-,23+,24-,25+/m1/s1. The molecule has 0 radical (unpaired) electrons. The summed E-state index contributed by atoms with van der Waals surface area (Å²) >= 11 is 0. The van der Waals surface area contributed by atoms with Gasteiger partial charge in [0.15, 0.2) is 12.4 Å². The first kappa shape index (κ1) is 26.8. The second-order valence-electron chi connectivity index (χ2n) is 9.51. The van der Waals surface area contributed by atoms with Crippen molar-refractivity contribution >= 4 is 11.9 Å². The Morgan fingerprint density at radius 2 is 1.37 bits per heavy atom. The number of aliphatic hydroxyl groups excluding tert-OH is 1. The number of aliphatic hydroxyl groups is 1. The molecule has 1 aliphatic rings. The van der Waals surface area contributed by atoms with Crippen molar-refractivity contribution in [3.63, 3.8) is 0 Å². The van der Waals surface area contributed by atoms with Crippen LogP contribution < -0.4 is 0 Å². The average Bonchev–Trinajstić information content (AvgIpc) is 2.82. The van der Waals surface area contributed by atoms with Gasteiger partial charge >= 0.3 is 11.9 Å². The minimum Gasteiger partial charge on any atom is -0.463 e. The van der Waals surface area contributed by atoms with Gasteiger partial charge in [-0.15, -0.1) is 0 Å². The molecule has 0 aliphatic carbocycles. The van der Waals surface area contributed by atoms with Gasteiger partial charge in [-0.1, -0.05) is 60.7 Å². The van der Waals surface area contributed by atoms with Crippen LogP contribution in [0.15, 0.2) is 60.7 Å². The van der Waals surface area contributed by atoms with E-state index >= 15 is 0 Å². The number of ether oxygens (including phenoxy) is 5. The molecule has 0 amide bonds. The Bertz CT molecular complexity index is 941. The van der Waals surface area contributed by atoms with Crippen molar-refractivity contribution in [1.82, 2.24) is 0 Å². The highest BCUT2D eigenvalue weighted by Crippen LogP contribution is 2.31. The summed E-state index contributed by atoms with van der Waals surface area (Å²) in [4.78, 5) is 24.2. The van der Waals surface area contributed by atoms with E-state index in [2.05, 4.69) is 0 Å². The Hall–Kier alpha value is -2.78. The highest BCUT2D eigenvalue weighted by Gasteiger charge is 2.50. The van der Waals surface area contributed by atoms with Gasteiger partial charge in [0.25, 0.3) is 0 Å². The summed E-state index contributed by atoms with van der Waals surface area (Å²) in [5.74, 6) is -1.01. The zero-order valence-corrected chi connectivity index (χ0v) is 20.6. The molecule has 8 heteroatoms. The van der Waals surface area contributed by atoms with Crippen molar-refractivity contribution < 1.29 is 38.4 Å². The molecule has 1 heterocycles. The van der Waals surface area contributed by atoms with Crippen molar-refractivity contribution in [2.45, 2.75) is 71.6 Å². The van der Waals surface area contributed by atoms with E-state index in [4.69, 9.17) is 23.7 Å². The molecule has 0 spiro atoms. The molecule has 1 saturated heterocycles. The van der Waals surface area contributed by atoms with Crippen LogP contribution in [0.2, 0.25) is 0 Å². The number of carbonyl (C=O) groups is 2. The van der Waals surface area contributed by atoms with Gasteiger partial charge in [0, 0.05) is 6.92 Å². The second-order valence-corrected chi connectivity index (χ2v) is 9.51. The highest BCUT2D eigenvalue weighted by atomic mass is 16.7. The Balaban J connectivity index is 1.89. The minimum absolute atomic E-state index is 0.156. The van der Waals surface area contributed by atoms with Crippen LogP contribution in [0.3, 0.4) is 0 Å². The monoisotopic (exact) mass is 486 g/mol. The van der Waals surface area contributed by atoms with E-state index in [0.717, 1.165) is 11.1 Å². The maximum atomic E-state index is 12.7. The predicted molar refractivity (Wildman–Crippen MR) is 127 cm³/mol. The van der Waals surface area contributed by atoms with Gasteiger partial charge in [-0.2, -0.15) is 0 Å². The Kier molecular flexibility index (Phi) is 9.40. The Labute approximate surface area is 206 Å². The van der Waals surface area contributed by atoms with Crippen LogP contribution in [0, 0.1) is 5.41 Å². The molecule has 1 aliphatic heterocycles. The van der Waals surface area contributed by atoms with E-state index in [1.807, 2.05) is 60.7 Å². The third kappa shape index (κ3) is 7.86. The third-order valence-corrected chi connectivity index (χ3v) is 5.49. The second kappa shape index (κ2) is 12.3. The summed E-state index contributed by atoms with van der Waals surface area (Å²) in [6, 6.07) is 19.0. The van der Waals surface area contributed by atoms with E-state index < -0.39 is 48.1 Å². The number of carbonyl (C=O) groups excluding carboxylic acids is 2. The zero-order valence-electron chi connectivity index (χ0n) is 20.6. The molecule has 190 valence electrons. The Morgan fingerprint density at radius 3 is 1.86 bits per heavy atom. The SMILES string of the molecule is CC(=O)OC[C@H]1O[C@H](O)[C@H](OC(=O)C(C)(C)C)[C@@H](OCc2ccccc2)[C@@H]1OCc1ccccc1. The molecule has 5 atom stereocenters. The molecular formula is C27H34O8. The lowest BCUT2D eigenvalue weighted by atomic mass is 9.95. The van der Waals surface area contributed by atoms with Crippen molar-refractivity contribution in [2.24, 2.45) is 5.41 Å². The summed E-state index contributed by atoms with van der Waals surface area (Å²) in [6.07, 6.45) is -5.20. The van der Waals surface area contributed by atoms with Crippen LogP contribution in [0.5, 0.6) is 0 Å². The van der Waals surface area contributed by atoms with Gasteiger partial charge in [0.05, 0.1) is 18.6 Å². The molecule has 0 aromatic heterocycles. The Morgan fingerprint density at radius 1 is 0.857 bits per heavy atom. The minimum atomic E-state index is -1.50. The van der Waals surface area contributed by atoms with Gasteiger partial charge in [-0.05, 0) is 31.9 Å². The molecule has 2 aromatic rings. The normalized spacial score (nSPS) is 24.5. The van der Waals surface area contributed by atoms with Crippen LogP contribution in [0.25, 0.3) is 0 Å². The maximum absolute atomic E-state index is 12.7. The van der Waals surface area contributed by atoms with Gasteiger partial charge in [-0.25, -0.2) is 0 Å². The van der Waals surface area contributed by atoms with Gasteiger partial charge in [0.2, 0.25) is 0 Å². The zero-order chi connectivity index (χ0) is 25.4. The lowest BCUT2D eigenvalue weighted by Gasteiger charge is -2.44. The topological polar surface area (TPSA) is 101 Å². The average molecular weight is 487 g/mol. The van der Waals surface area contributed by atoms with Crippen LogP contribution >= 0.6 is 0 Å². The van der Waals surface area contributed by atoms with E-state index in [-0.39, 0.29) is 19.8 Å². The molecule has 0 bridgehead atoms. The number of rotatable bonds is 9. The third-order valence-electron chi connectivity index (χ3n) is 5.49. The fraction of sp³-hybridized carbons (Fsp3) is 0.481. The predicted octanol–water partition coefficient (Wildman–Crippen LogP) is 3.40.